The molecule has 4 nitrogen and oxygen atoms in total. The summed E-state index contributed by atoms with van der Waals surface area (Å²) in [5, 5.41) is 12.1. The number of carbonyl (C=O) groups excluding carboxylic acids is 1. The van der Waals surface area contributed by atoms with E-state index in [1.54, 1.807) is 13.2 Å². The van der Waals surface area contributed by atoms with Crippen LogP contribution in [-0.4, -0.2) is 25.7 Å². The Kier molecular flexibility index (Phi) is 5.17. The van der Waals surface area contributed by atoms with Crippen molar-refractivity contribution in [2.75, 3.05) is 13.7 Å². The first-order chi connectivity index (χ1) is 8.17. The van der Waals surface area contributed by atoms with Gasteiger partial charge >= 0.3 is 0 Å². The lowest BCUT2D eigenvalue weighted by Gasteiger charge is -2.34. The van der Waals surface area contributed by atoms with Crippen molar-refractivity contribution in [1.82, 2.24) is 5.32 Å². The molecule has 0 fully saturated rings. The van der Waals surface area contributed by atoms with Gasteiger partial charge in [0, 0.05) is 19.1 Å². The van der Waals surface area contributed by atoms with Crippen LogP contribution in [0.1, 0.15) is 26.7 Å². The summed E-state index contributed by atoms with van der Waals surface area (Å²) >= 11 is 0. The molecule has 0 aromatic carbocycles. The standard InChI is InChI=1S/C13H20N2O2/c1-4-9-6-12(16)15-13(11(9)5-2)10(7-14)8-17-3/h6,10-11,13H,4-5,8H2,1-3H3,(H,15,16). The Hall–Kier alpha value is -1.34. The molecule has 1 rings (SSSR count). The molecule has 1 aliphatic rings. The maximum absolute atomic E-state index is 11.6. The van der Waals surface area contributed by atoms with Crippen molar-refractivity contribution in [3.05, 3.63) is 11.6 Å². The first kappa shape index (κ1) is 13.7. The molecule has 17 heavy (non-hydrogen) atoms. The molecular weight excluding hydrogens is 216 g/mol. The Morgan fingerprint density at radius 3 is 2.76 bits per heavy atom. The van der Waals surface area contributed by atoms with Crippen LogP contribution in [-0.2, 0) is 9.53 Å². The minimum atomic E-state index is -0.288. The number of rotatable bonds is 5. The van der Waals surface area contributed by atoms with E-state index in [0.717, 1.165) is 18.4 Å². The monoisotopic (exact) mass is 236 g/mol. The first-order valence-corrected chi connectivity index (χ1v) is 6.07. The van der Waals surface area contributed by atoms with Gasteiger partial charge in [-0.25, -0.2) is 0 Å². The molecular formula is C13H20N2O2. The summed E-state index contributed by atoms with van der Waals surface area (Å²) in [6.45, 7) is 4.48. The topological polar surface area (TPSA) is 62.1 Å². The third kappa shape index (κ3) is 3.07. The van der Waals surface area contributed by atoms with Gasteiger partial charge in [0.1, 0.15) is 0 Å². The summed E-state index contributed by atoms with van der Waals surface area (Å²) in [5.74, 6) is -0.130. The van der Waals surface area contributed by atoms with Crippen LogP contribution in [0.25, 0.3) is 0 Å². The number of amides is 1. The van der Waals surface area contributed by atoms with Gasteiger partial charge in [-0.15, -0.1) is 0 Å². The summed E-state index contributed by atoms with van der Waals surface area (Å²) in [7, 11) is 1.58. The Labute approximate surface area is 103 Å². The van der Waals surface area contributed by atoms with Gasteiger partial charge in [0.25, 0.3) is 0 Å². The van der Waals surface area contributed by atoms with E-state index < -0.39 is 0 Å². The molecule has 1 amide bonds. The summed E-state index contributed by atoms with van der Waals surface area (Å²) in [5.41, 5.74) is 1.14. The van der Waals surface area contributed by atoms with Crippen LogP contribution in [0.4, 0.5) is 0 Å². The van der Waals surface area contributed by atoms with Gasteiger partial charge in [0.15, 0.2) is 0 Å². The quantitative estimate of drug-likeness (QED) is 0.789. The molecule has 4 heteroatoms. The van der Waals surface area contributed by atoms with Gasteiger partial charge in [-0.05, 0) is 12.8 Å². The summed E-state index contributed by atoms with van der Waals surface area (Å²) in [4.78, 5) is 11.6. The van der Waals surface area contributed by atoms with Crippen LogP contribution in [0.2, 0.25) is 0 Å². The first-order valence-electron chi connectivity index (χ1n) is 6.07. The fraction of sp³-hybridized carbons (Fsp3) is 0.692. The van der Waals surface area contributed by atoms with E-state index in [1.807, 2.05) is 6.92 Å². The zero-order chi connectivity index (χ0) is 12.8. The smallest absolute Gasteiger partial charge is 0.244 e. The number of nitriles is 1. The minimum absolute atomic E-state index is 0.0899. The van der Waals surface area contributed by atoms with Gasteiger partial charge in [0.2, 0.25) is 5.91 Å². The highest BCUT2D eigenvalue weighted by Gasteiger charge is 2.34. The van der Waals surface area contributed by atoms with Crippen molar-refractivity contribution < 1.29 is 9.53 Å². The lowest BCUT2D eigenvalue weighted by Crippen LogP contribution is -2.49. The second-order valence-electron chi connectivity index (χ2n) is 4.31. The van der Waals surface area contributed by atoms with Crippen molar-refractivity contribution in [3.63, 3.8) is 0 Å². The highest BCUT2D eigenvalue weighted by atomic mass is 16.5. The van der Waals surface area contributed by atoms with E-state index in [4.69, 9.17) is 10.00 Å². The fourth-order valence-corrected chi connectivity index (χ4v) is 2.47. The Morgan fingerprint density at radius 2 is 2.29 bits per heavy atom. The molecule has 3 unspecified atom stereocenters. The average molecular weight is 236 g/mol. The zero-order valence-corrected chi connectivity index (χ0v) is 10.7. The molecule has 1 aliphatic heterocycles. The molecule has 0 bridgehead atoms. The van der Waals surface area contributed by atoms with Crippen LogP contribution in [0.3, 0.4) is 0 Å². The molecule has 0 radical (unpaired) electrons. The summed E-state index contributed by atoms with van der Waals surface area (Å²) < 4.78 is 5.05. The van der Waals surface area contributed by atoms with Crippen molar-refractivity contribution in [3.8, 4) is 6.07 Å². The Balaban J connectivity index is 2.94. The maximum atomic E-state index is 11.6. The molecule has 3 atom stereocenters. The van der Waals surface area contributed by atoms with Gasteiger partial charge in [0.05, 0.1) is 24.6 Å². The molecule has 94 valence electrons. The van der Waals surface area contributed by atoms with Crippen LogP contribution in [0.5, 0.6) is 0 Å². The number of methoxy groups -OCH3 is 1. The van der Waals surface area contributed by atoms with Crippen molar-refractivity contribution in [1.29, 1.82) is 5.26 Å². The second kappa shape index (κ2) is 6.41. The lowest BCUT2D eigenvalue weighted by molar-refractivity contribution is -0.118. The fourth-order valence-electron chi connectivity index (χ4n) is 2.47. The van der Waals surface area contributed by atoms with Crippen molar-refractivity contribution in [2.45, 2.75) is 32.7 Å². The number of ether oxygens (including phenoxy) is 1. The predicted octanol–water partition coefficient (Wildman–Crippen LogP) is 1.63. The van der Waals surface area contributed by atoms with Crippen LogP contribution < -0.4 is 5.32 Å². The zero-order valence-electron chi connectivity index (χ0n) is 10.7. The van der Waals surface area contributed by atoms with Crippen molar-refractivity contribution in [2.24, 2.45) is 11.8 Å². The number of hydrogen-bond acceptors (Lipinski definition) is 3. The third-order valence-electron chi connectivity index (χ3n) is 3.33. The van der Waals surface area contributed by atoms with Gasteiger partial charge in [-0.3, -0.25) is 4.79 Å². The molecule has 0 saturated carbocycles. The van der Waals surface area contributed by atoms with Crippen LogP contribution in [0, 0.1) is 23.2 Å². The Morgan fingerprint density at radius 1 is 1.59 bits per heavy atom. The van der Waals surface area contributed by atoms with E-state index in [-0.39, 0.29) is 23.8 Å². The average Bonchev–Trinajstić information content (AvgIpc) is 2.34. The number of nitrogens with one attached hydrogen (secondary N) is 1. The summed E-state index contributed by atoms with van der Waals surface area (Å²) in [6.07, 6.45) is 3.45. The largest absolute Gasteiger partial charge is 0.383 e. The molecule has 0 aromatic rings. The van der Waals surface area contributed by atoms with E-state index in [0.29, 0.717) is 6.61 Å². The molecule has 1 heterocycles. The van der Waals surface area contributed by atoms with Gasteiger partial charge in [-0.1, -0.05) is 19.4 Å². The number of nitrogens with zero attached hydrogens (tertiary/aromatic N) is 1. The molecule has 0 spiro atoms. The number of carbonyl (C=O) groups is 1. The predicted molar refractivity (Wildman–Crippen MR) is 65.1 cm³/mol. The second-order valence-corrected chi connectivity index (χ2v) is 4.31. The van der Waals surface area contributed by atoms with E-state index in [1.165, 1.54) is 0 Å². The third-order valence-corrected chi connectivity index (χ3v) is 3.33. The van der Waals surface area contributed by atoms with Crippen LogP contribution >= 0.6 is 0 Å². The maximum Gasteiger partial charge on any atom is 0.244 e. The molecule has 0 aromatic heterocycles. The van der Waals surface area contributed by atoms with E-state index in [2.05, 4.69) is 18.3 Å². The normalized spacial score (nSPS) is 25.8. The van der Waals surface area contributed by atoms with E-state index in [9.17, 15) is 4.79 Å². The molecule has 1 N–H and O–H groups in total. The Bertz CT molecular complexity index is 344. The molecule has 0 saturated heterocycles. The van der Waals surface area contributed by atoms with Crippen LogP contribution in [0.15, 0.2) is 11.6 Å². The van der Waals surface area contributed by atoms with E-state index >= 15 is 0 Å². The SMILES string of the molecule is CCC1=CC(=O)NC(C(C#N)COC)C1CC. The van der Waals surface area contributed by atoms with Gasteiger partial charge in [-0.2, -0.15) is 5.26 Å². The lowest BCUT2D eigenvalue weighted by atomic mass is 9.79. The minimum Gasteiger partial charge on any atom is -0.383 e. The highest BCUT2D eigenvalue weighted by Crippen LogP contribution is 2.29. The van der Waals surface area contributed by atoms with Gasteiger partial charge < -0.3 is 10.1 Å². The molecule has 0 aliphatic carbocycles. The highest BCUT2D eigenvalue weighted by molar-refractivity contribution is 5.89. The number of hydrogen-bond donors (Lipinski definition) is 1. The van der Waals surface area contributed by atoms with Crippen molar-refractivity contribution >= 4 is 5.91 Å². The summed E-state index contributed by atoms with van der Waals surface area (Å²) in [6, 6.07) is 2.11.